The predicted molar refractivity (Wildman–Crippen MR) is 112 cm³/mol. The molecule has 0 spiro atoms. The van der Waals surface area contributed by atoms with E-state index in [4.69, 9.17) is 4.74 Å². The Hall–Kier alpha value is -4.20. The maximum atomic E-state index is 11.4. The maximum absolute atomic E-state index is 11.4. The molecule has 8 nitrogen and oxygen atoms in total. The standard InChI is InChI=1S/C22H17N5O3/c1-30-21-25-11-16(12-26-21)14-8-18-15(10-24-20(18)23-9-14)7-13-3-2-4-19-17(13)5-6-27(19)22(28)29/h2-6,8-12H,7H2,1H3,(H,23,24)(H,28,29). The summed E-state index contributed by atoms with van der Waals surface area (Å²) in [5, 5.41) is 11.3. The van der Waals surface area contributed by atoms with Crippen molar-refractivity contribution in [1.82, 2.24) is 24.5 Å². The lowest BCUT2D eigenvalue weighted by Gasteiger charge is -2.06. The van der Waals surface area contributed by atoms with Gasteiger partial charge in [-0.3, -0.25) is 4.57 Å². The van der Waals surface area contributed by atoms with E-state index >= 15 is 0 Å². The van der Waals surface area contributed by atoms with Gasteiger partial charge < -0.3 is 14.8 Å². The van der Waals surface area contributed by atoms with E-state index in [0.29, 0.717) is 17.9 Å². The maximum Gasteiger partial charge on any atom is 0.415 e. The summed E-state index contributed by atoms with van der Waals surface area (Å²) in [5.41, 5.74) is 5.34. The number of nitrogens with one attached hydrogen (secondary N) is 1. The van der Waals surface area contributed by atoms with Crippen LogP contribution in [0.5, 0.6) is 6.01 Å². The Labute approximate surface area is 170 Å². The molecule has 30 heavy (non-hydrogen) atoms. The zero-order valence-electron chi connectivity index (χ0n) is 16.0. The second kappa shape index (κ2) is 7.00. The number of aromatic amines is 1. The minimum absolute atomic E-state index is 0.316. The molecule has 0 unspecified atom stereocenters. The lowest BCUT2D eigenvalue weighted by molar-refractivity contribution is 0.197. The van der Waals surface area contributed by atoms with Crippen LogP contribution >= 0.6 is 0 Å². The zero-order valence-corrected chi connectivity index (χ0v) is 16.0. The third-order valence-electron chi connectivity index (χ3n) is 5.17. The fourth-order valence-electron chi connectivity index (χ4n) is 3.69. The molecular weight excluding hydrogens is 382 g/mol. The van der Waals surface area contributed by atoms with E-state index in [0.717, 1.165) is 38.7 Å². The van der Waals surface area contributed by atoms with Crippen molar-refractivity contribution < 1.29 is 14.6 Å². The average Bonchev–Trinajstić information content (AvgIpc) is 3.38. The molecule has 0 aliphatic heterocycles. The summed E-state index contributed by atoms with van der Waals surface area (Å²) < 4.78 is 6.25. The predicted octanol–water partition coefficient (Wildman–Crippen LogP) is 4.10. The molecule has 0 saturated carbocycles. The van der Waals surface area contributed by atoms with Crippen molar-refractivity contribution >= 4 is 28.0 Å². The Morgan fingerprint density at radius 2 is 1.87 bits per heavy atom. The monoisotopic (exact) mass is 399 g/mol. The Kier molecular flexibility index (Phi) is 4.17. The van der Waals surface area contributed by atoms with Crippen LogP contribution in [0.15, 0.2) is 61.3 Å². The topological polar surface area (TPSA) is 106 Å². The third kappa shape index (κ3) is 2.95. The Bertz CT molecular complexity index is 1390. The van der Waals surface area contributed by atoms with Crippen molar-refractivity contribution in [2.75, 3.05) is 7.11 Å². The molecule has 0 saturated heterocycles. The van der Waals surface area contributed by atoms with E-state index in [1.165, 1.54) is 11.7 Å². The first-order valence-corrected chi connectivity index (χ1v) is 9.28. The summed E-state index contributed by atoms with van der Waals surface area (Å²) >= 11 is 0. The number of rotatable bonds is 4. The van der Waals surface area contributed by atoms with Gasteiger partial charge in [-0.05, 0) is 29.3 Å². The highest BCUT2D eigenvalue weighted by Gasteiger charge is 2.13. The van der Waals surface area contributed by atoms with Gasteiger partial charge in [-0.1, -0.05) is 12.1 Å². The minimum Gasteiger partial charge on any atom is -0.467 e. The number of fused-ring (bicyclic) bond motifs is 2. The van der Waals surface area contributed by atoms with Crippen LogP contribution in [0.4, 0.5) is 4.79 Å². The number of hydrogen-bond donors (Lipinski definition) is 2. The van der Waals surface area contributed by atoms with Crippen LogP contribution in [-0.4, -0.2) is 42.8 Å². The van der Waals surface area contributed by atoms with Gasteiger partial charge in [-0.25, -0.2) is 19.7 Å². The third-order valence-corrected chi connectivity index (χ3v) is 5.17. The summed E-state index contributed by atoms with van der Waals surface area (Å²) in [4.78, 5) is 27.5. The highest BCUT2D eigenvalue weighted by Crippen LogP contribution is 2.28. The second-order valence-electron chi connectivity index (χ2n) is 6.89. The zero-order chi connectivity index (χ0) is 20.7. The molecule has 5 rings (SSSR count). The van der Waals surface area contributed by atoms with Gasteiger partial charge in [-0.2, -0.15) is 0 Å². The van der Waals surface area contributed by atoms with Crippen molar-refractivity contribution in [3.8, 4) is 17.1 Å². The largest absolute Gasteiger partial charge is 0.467 e. The van der Waals surface area contributed by atoms with E-state index in [1.807, 2.05) is 30.5 Å². The van der Waals surface area contributed by atoms with Crippen molar-refractivity contribution in [3.05, 3.63) is 72.4 Å². The molecule has 2 N–H and O–H groups in total. The molecule has 0 radical (unpaired) electrons. The number of ether oxygens (including phenoxy) is 1. The van der Waals surface area contributed by atoms with Gasteiger partial charge in [0.2, 0.25) is 0 Å². The molecule has 0 aliphatic rings. The molecule has 0 bridgehead atoms. The molecule has 0 fully saturated rings. The number of benzene rings is 1. The lowest BCUT2D eigenvalue weighted by Crippen LogP contribution is -2.05. The quantitative estimate of drug-likeness (QED) is 0.471. The van der Waals surface area contributed by atoms with E-state index in [-0.39, 0.29) is 0 Å². The minimum atomic E-state index is -0.996. The van der Waals surface area contributed by atoms with Crippen molar-refractivity contribution in [1.29, 1.82) is 0 Å². The van der Waals surface area contributed by atoms with Crippen molar-refractivity contribution in [3.63, 3.8) is 0 Å². The number of carbonyl (C=O) groups is 1. The number of nitrogens with zero attached hydrogens (tertiary/aromatic N) is 4. The lowest BCUT2D eigenvalue weighted by atomic mass is 10.0. The Morgan fingerprint density at radius 1 is 1.07 bits per heavy atom. The molecule has 4 aromatic heterocycles. The van der Waals surface area contributed by atoms with Crippen molar-refractivity contribution in [2.45, 2.75) is 6.42 Å². The van der Waals surface area contributed by atoms with Gasteiger partial charge in [0.05, 0.1) is 12.6 Å². The molecule has 0 aliphatic carbocycles. The molecule has 1 aromatic carbocycles. The van der Waals surface area contributed by atoms with Crippen LogP contribution in [0.25, 0.3) is 33.1 Å². The van der Waals surface area contributed by atoms with E-state index < -0.39 is 6.09 Å². The molecule has 0 amide bonds. The summed E-state index contributed by atoms with van der Waals surface area (Å²) in [6.45, 7) is 0. The first-order chi connectivity index (χ1) is 14.6. The van der Waals surface area contributed by atoms with Crippen molar-refractivity contribution in [2.24, 2.45) is 0 Å². The van der Waals surface area contributed by atoms with Gasteiger partial charge in [-0.15, -0.1) is 0 Å². The number of pyridine rings is 1. The first kappa shape index (κ1) is 17.9. The highest BCUT2D eigenvalue weighted by atomic mass is 16.5. The van der Waals surface area contributed by atoms with E-state index in [1.54, 1.807) is 24.8 Å². The second-order valence-corrected chi connectivity index (χ2v) is 6.89. The summed E-state index contributed by atoms with van der Waals surface area (Å²) in [5.74, 6) is 0. The molecular formula is C22H17N5O3. The van der Waals surface area contributed by atoms with Gasteiger partial charge >= 0.3 is 12.1 Å². The Morgan fingerprint density at radius 3 is 2.63 bits per heavy atom. The number of hydrogen-bond acceptors (Lipinski definition) is 5. The molecule has 8 heteroatoms. The first-order valence-electron chi connectivity index (χ1n) is 9.28. The van der Waals surface area contributed by atoms with Crippen LogP contribution < -0.4 is 4.74 Å². The highest BCUT2D eigenvalue weighted by molar-refractivity contribution is 5.92. The molecule has 4 heterocycles. The van der Waals surface area contributed by atoms with E-state index in [2.05, 4.69) is 26.0 Å². The van der Waals surface area contributed by atoms with Gasteiger partial charge in [0.1, 0.15) is 5.65 Å². The SMILES string of the molecule is COc1ncc(-c2cnc3[nH]cc(Cc4cccc5c4ccn5C(=O)O)c3c2)cn1. The fraction of sp³-hybridized carbons (Fsp3) is 0.0909. The molecule has 0 atom stereocenters. The number of H-pyrrole nitrogens is 1. The van der Waals surface area contributed by atoms with Gasteiger partial charge in [0, 0.05) is 59.3 Å². The van der Waals surface area contributed by atoms with E-state index in [9.17, 15) is 9.90 Å². The molecule has 5 aromatic rings. The van der Waals surface area contributed by atoms with Crippen LogP contribution in [0, 0.1) is 0 Å². The molecule has 148 valence electrons. The normalized spacial score (nSPS) is 11.2. The van der Waals surface area contributed by atoms with Gasteiger partial charge in [0.25, 0.3) is 0 Å². The van der Waals surface area contributed by atoms with Gasteiger partial charge in [0.15, 0.2) is 0 Å². The number of methoxy groups -OCH3 is 1. The summed E-state index contributed by atoms with van der Waals surface area (Å²) in [6, 6.07) is 9.92. The fourth-order valence-corrected chi connectivity index (χ4v) is 3.69. The number of aromatic nitrogens is 5. The summed E-state index contributed by atoms with van der Waals surface area (Å²) in [6.07, 6.45) is 8.36. The van der Waals surface area contributed by atoms with Crippen LogP contribution in [0.1, 0.15) is 11.1 Å². The summed E-state index contributed by atoms with van der Waals surface area (Å²) in [7, 11) is 1.53. The Balaban J connectivity index is 1.55. The average molecular weight is 399 g/mol. The van der Waals surface area contributed by atoms with Crippen LogP contribution in [0.2, 0.25) is 0 Å². The number of carboxylic acid groups (broad SMARTS) is 1. The van der Waals surface area contributed by atoms with Crippen LogP contribution in [-0.2, 0) is 6.42 Å². The smallest absolute Gasteiger partial charge is 0.415 e. The van der Waals surface area contributed by atoms with Crippen LogP contribution in [0.3, 0.4) is 0 Å².